The number of nitrogens with one attached hydrogen (secondary N) is 1. The zero-order valence-corrected chi connectivity index (χ0v) is 14.3. The Balaban J connectivity index is 2.13. The lowest BCUT2D eigenvalue weighted by Crippen LogP contribution is -2.29. The van der Waals surface area contributed by atoms with Crippen LogP contribution in [0.4, 0.5) is 0 Å². The van der Waals surface area contributed by atoms with E-state index in [2.05, 4.69) is 0 Å². The fraction of sp³-hybridized carbons (Fsp3) is 0.118. The number of hydrogen-bond acceptors (Lipinski definition) is 3. The van der Waals surface area contributed by atoms with Crippen molar-refractivity contribution in [3.05, 3.63) is 70.3 Å². The predicted octanol–water partition coefficient (Wildman–Crippen LogP) is 3.48. The van der Waals surface area contributed by atoms with E-state index in [0.717, 1.165) is 17.2 Å². The summed E-state index contributed by atoms with van der Waals surface area (Å²) in [5.41, 5.74) is 2.53. The summed E-state index contributed by atoms with van der Waals surface area (Å²) in [6.45, 7) is 3.70. The molecule has 2 aromatic rings. The Hall–Kier alpha value is -2.11. The average molecular weight is 350 g/mol. The maximum Gasteiger partial charge on any atom is 0.264 e. The maximum absolute atomic E-state index is 12.2. The molecule has 0 saturated heterocycles. The fourth-order valence-electron chi connectivity index (χ4n) is 1.89. The molecule has 0 radical (unpaired) electrons. The summed E-state index contributed by atoms with van der Waals surface area (Å²) in [5.74, 6) is -0.719. The molecule has 0 saturated carbocycles. The van der Waals surface area contributed by atoms with Gasteiger partial charge in [0.15, 0.2) is 0 Å². The van der Waals surface area contributed by atoms with Crippen LogP contribution in [0.5, 0.6) is 0 Å². The monoisotopic (exact) mass is 349 g/mol. The Morgan fingerprint density at radius 3 is 2.48 bits per heavy atom. The van der Waals surface area contributed by atoms with Gasteiger partial charge in [0.25, 0.3) is 15.9 Å². The van der Waals surface area contributed by atoms with Gasteiger partial charge in [0.05, 0.1) is 4.90 Å². The van der Waals surface area contributed by atoms with Crippen LogP contribution in [0.3, 0.4) is 0 Å². The molecule has 1 amide bonds. The van der Waals surface area contributed by atoms with Crippen LogP contribution in [0.1, 0.15) is 16.7 Å². The van der Waals surface area contributed by atoms with Crippen LogP contribution in [0.15, 0.2) is 53.4 Å². The van der Waals surface area contributed by atoms with Crippen LogP contribution >= 0.6 is 11.6 Å². The van der Waals surface area contributed by atoms with Crippen molar-refractivity contribution in [1.82, 2.24) is 4.72 Å². The molecule has 4 nitrogen and oxygen atoms in total. The molecule has 0 heterocycles. The van der Waals surface area contributed by atoms with Crippen LogP contribution < -0.4 is 4.72 Å². The van der Waals surface area contributed by atoms with Gasteiger partial charge in [-0.2, -0.15) is 0 Å². The largest absolute Gasteiger partial charge is 0.269 e. The number of aryl methyl sites for hydroxylation is 2. The highest BCUT2D eigenvalue weighted by molar-refractivity contribution is 7.90. The first kappa shape index (κ1) is 17.2. The number of halogens is 1. The molecule has 6 heteroatoms. The third-order valence-electron chi connectivity index (χ3n) is 3.30. The molecule has 0 spiro atoms. The van der Waals surface area contributed by atoms with E-state index in [9.17, 15) is 13.2 Å². The van der Waals surface area contributed by atoms with E-state index < -0.39 is 15.9 Å². The van der Waals surface area contributed by atoms with E-state index >= 15 is 0 Å². The van der Waals surface area contributed by atoms with Crippen LogP contribution in [0, 0.1) is 13.8 Å². The highest BCUT2D eigenvalue weighted by Gasteiger charge is 2.16. The van der Waals surface area contributed by atoms with Gasteiger partial charge >= 0.3 is 0 Å². The molecule has 0 aliphatic carbocycles. The van der Waals surface area contributed by atoms with Gasteiger partial charge in [-0.3, -0.25) is 4.79 Å². The predicted molar refractivity (Wildman–Crippen MR) is 91.7 cm³/mol. The third-order valence-corrected chi connectivity index (χ3v) is 4.88. The van der Waals surface area contributed by atoms with Gasteiger partial charge in [0.2, 0.25) is 0 Å². The molecular formula is C17H16ClNO3S. The summed E-state index contributed by atoms with van der Waals surface area (Å²) in [4.78, 5) is 11.9. The average Bonchev–Trinajstić information content (AvgIpc) is 2.47. The molecule has 2 aromatic carbocycles. The molecule has 1 N–H and O–H groups in total. The summed E-state index contributed by atoms with van der Waals surface area (Å²) in [6, 6.07) is 11.6. The molecule has 120 valence electrons. The minimum absolute atomic E-state index is 0.0603. The zero-order valence-electron chi connectivity index (χ0n) is 12.7. The van der Waals surface area contributed by atoms with Crippen molar-refractivity contribution < 1.29 is 13.2 Å². The van der Waals surface area contributed by atoms with Gasteiger partial charge in [0.1, 0.15) is 0 Å². The third kappa shape index (κ3) is 4.68. The van der Waals surface area contributed by atoms with Gasteiger partial charge in [-0.1, -0.05) is 29.8 Å². The topological polar surface area (TPSA) is 63.2 Å². The molecule has 0 unspecified atom stereocenters. The fourth-order valence-corrected chi connectivity index (χ4v) is 3.12. The Kier molecular flexibility index (Phi) is 5.23. The molecular weight excluding hydrogens is 334 g/mol. The van der Waals surface area contributed by atoms with E-state index in [1.165, 1.54) is 18.2 Å². The van der Waals surface area contributed by atoms with Crippen LogP contribution in [-0.2, 0) is 14.8 Å². The summed E-state index contributed by atoms with van der Waals surface area (Å²) < 4.78 is 26.4. The van der Waals surface area contributed by atoms with Crippen LogP contribution in [0.25, 0.3) is 6.08 Å². The molecule has 2 rings (SSSR count). The summed E-state index contributed by atoms with van der Waals surface area (Å²) >= 11 is 5.84. The van der Waals surface area contributed by atoms with Crippen molar-refractivity contribution in [3.8, 4) is 0 Å². The van der Waals surface area contributed by atoms with Crippen molar-refractivity contribution in [3.63, 3.8) is 0 Å². The minimum Gasteiger partial charge on any atom is -0.269 e. The second-order valence-electron chi connectivity index (χ2n) is 5.10. The van der Waals surface area contributed by atoms with E-state index in [-0.39, 0.29) is 4.90 Å². The highest BCUT2D eigenvalue weighted by Crippen LogP contribution is 2.15. The Labute approximate surface area is 140 Å². The van der Waals surface area contributed by atoms with Crippen molar-refractivity contribution in [2.24, 2.45) is 0 Å². The highest BCUT2D eigenvalue weighted by atomic mass is 35.5. The van der Waals surface area contributed by atoms with Gasteiger partial charge in [-0.25, -0.2) is 13.1 Å². The lowest BCUT2D eigenvalue weighted by molar-refractivity contribution is -0.114. The molecule has 0 aromatic heterocycles. The lowest BCUT2D eigenvalue weighted by atomic mass is 10.1. The van der Waals surface area contributed by atoms with Crippen LogP contribution in [0.2, 0.25) is 5.02 Å². The van der Waals surface area contributed by atoms with Crippen molar-refractivity contribution in [2.75, 3.05) is 0 Å². The second-order valence-corrected chi connectivity index (χ2v) is 7.22. The first-order valence-corrected chi connectivity index (χ1v) is 8.72. The SMILES string of the molecule is Cc1ccc(S(=O)(=O)NC(=O)/C=C/c2cccc(Cl)c2)cc1C. The Morgan fingerprint density at radius 2 is 1.83 bits per heavy atom. The number of sulfonamides is 1. The summed E-state index contributed by atoms with van der Waals surface area (Å²) in [5, 5.41) is 0.537. The normalized spacial score (nSPS) is 11.6. The van der Waals surface area contributed by atoms with E-state index in [1.54, 1.807) is 30.3 Å². The first-order valence-electron chi connectivity index (χ1n) is 6.85. The van der Waals surface area contributed by atoms with E-state index in [1.807, 2.05) is 18.6 Å². The Morgan fingerprint density at radius 1 is 1.09 bits per heavy atom. The molecule has 0 aliphatic rings. The Bertz CT molecular complexity index is 873. The van der Waals surface area contributed by atoms with Crippen molar-refractivity contribution in [1.29, 1.82) is 0 Å². The summed E-state index contributed by atoms with van der Waals surface area (Å²) in [7, 11) is -3.89. The van der Waals surface area contributed by atoms with E-state index in [0.29, 0.717) is 10.6 Å². The molecule has 23 heavy (non-hydrogen) atoms. The number of benzene rings is 2. The minimum atomic E-state index is -3.89. The number of carbonyl (C=O) groups excluding carboxylic acids is 1. The van der Waals surface area contributed by atoms with Gasteiger partial charge in [0, 0.05) is 11.1 Å². The van der Waals surface area contributed by atoms with Gasteiger partial charge in [-0.05, 0) is 60.9 Å². The van der Waals surface area contributed by atoms with Crippen molar-refractivity contribution in [2.45, 2.75) is 18.7 Å². The second kappa shape index (κ2) is 6.98. The molecule has 0 fully saturated rings. The van der Waals surface area contributed by atoms with Crippen molar-refractivity contribution >= 4 is 33.6 Å². The number of rotatable bonds is 4. The standard InChI is InChI=1S/C17H16ClNO3S/c1-12-6-8-16(10-13(12)2)23(21,22)19-17(20)9-7-14-4-3-5-15(18)11-14/h3-11H,1-2H3,(H,19,20)/b9-7+. The first-order chi connectivity index (χ1) is 10.8. The molecule has 0 atom stereocenters. The lowest BCUT2D eigenvalue weighted by Gasteiger charge is -2.07. The van der Waals surface area contributed by atoms with E-state index in [4.69, 9.17) is 11.6 Å². The molecule has 0 aliphatic heterocycles. The zero-order chi connectivity index (χ0) is 17.0. The quantitative estimate of drug-likeness (QED) is 0.859. The summed E-state index contributed by atoms with van der Waals surface area (Å²) in [6.07, 6.45) is 2.65. The molecule has 0 bridgehead atoms. The number of hydrogen-bond donors (Lipinski definition) is 1. The van der Waals surface area contributed by atoms with Gasteiger partial charge < -0.3 is 0 Å². The number of amides is 1. The van der Waals surface area contributed by atoms with Crippen LogP contribution in [-0.4, -0.2) is 14.3 Å². The van der Waals surface area contributed by atoms with Gasteiger partial charge in [-0.15, -0.1) is 0 Å². The smallest absolute Gasteiger partial charge is 0.264 e. The maximum atomic E-state index is 12.2. The number of carbonyl (C=O) groups is 1.